The van der Waals surface area contributed by atoms with Gasteiger partial charge >= 0.3 is 5.97 Å². The largest absolute Gasteiger partial charge is 0.481 e. The van der Waals surface area contributed by atoms with Crippen molar-refractivity contribution in [2.75, 3.05) is 0 Å². The van der Waals surface area contributed by atoms with Crippen LogP contribution < -0.4 is 0 Å². The summed E-state index contributed by atoms with van der Waals surface area (Å²) in [5.41, 5.74) is 1.79. The number of hydrogen-bond donors (Lipinski definition) is 1. The molecule has 0 aliphatic rings. The molecule has 14 heavy (non-hydrogen) atoms. The van der Waals surface area contributed by atoms with Gasteiger partial charge in [0, 0.05) is 5.56 Å². The summed E-state index contributed by atoms with van der Waals surface area (Å²) in [7, 11) is 0. The third kappa shape index (κ3) is 3.16. The average molecular weight is 186 g/mol. The summed E-state index contributed by atoms with van der Waals surface area (Å²) in [6, 6.07) is 7.47. The van der Waals surface area contributed by atoms with E-state index in [9.17, 15) is 4.79 Å². The van der Waals surface area contributed by atoms with Crippen LogP contribution in [-0.4, -0.2) is 11.1 Å². The molecular weight excluding hydrogens is 176 g/mol. The highest BCUT2D eigenvalue weighted by Crippen LogP contribution is 2.04. The van der Waals surface area contributed by atoms with Crippen LogP contribution in [0.4, 0.5) is 0 Å². The lowest BCUT2D eigenvalue weighted by Gasteiger charge is -1.92. The minimum absolute atomic E-state index is 0.127. The number of carbonyl (C=O) groups is 1. The molecule has 0 bridgehead atoms. The van der Waals surface area contributed by atoms with E-state index in [0.29, 0.717) is 0 Å². The molecule has 0 saturated carbocycles. The smallest absolute Gasteiger partial charge is 0.315 e. The maximum atomic E-state index is 10.2. The number of aliphatic carboxylic acids is 1. The van der Waals surface area contributed by atoms with Crippen LogP contribution >= 0.6 is 0 Å². The molecule has 0 fully saturated rings. The highest BCUT2D eigenvalue weighted by atomic mass is 16.4. The van der Waals surface area contributed by atoms with Gasteiger partial charge in [0.15, 0.2) is 0 Å². The van der Waals surface area contributed by atoms with E-state index in [-0.39, 0.29) is 6.42 Å². The normalized spacial score (nSPS) is 8.57. The maximum Gasteiger partial charge on any atom is 0.315 e. The first-order valence-electron chi connectivity index (χ1n) is 4.15. The molecule has 1 aromatic carbocycles. The fraction of sp³-hybridized carbons (Fsp3) is 0.0833. The van der Waals surface area contributed by atoms with Gasteiger partial charge in [0.2, 0.25) is 0 Å². The van der Waals surface area contributed by atoms with Gasteiger partial charge in [-0.25, -0.2) is 0 Å². The molecule has 70 valence electrons. The highest BCUT2D eigenvalue weighted by Gasteiger charge is 1.90. The number of benzene rings is 1. The van der Waals surface area contributed by atoms with Crippen molar-refractivity contribution >= 4 is 12.0 Å². The third-order valence-electron chi connectivity index (χ3n) is 1.59. The first kappa shape index (κ1) is 10.1. The molecule has 0 aliphatic carbocycles. The SMILES string of the molecule is C=Cc1cccc(C#CCC(=O)O)c1. The van der Waals surface area contributed by atoms with Gasteiger partial charge in [0.05, 0.1) is 0 Å². The van der Waals surface area contributed by atoms with Gasteiger partial charge in [-0.05, 0) is 17.7 Å². The molecule has 0 spiro atoms. The Hall–Kier alpha value is -2.01. The van der Waals surface area contributed by atoms with Crippen molar-refractivity contribution in [1.29, 1.82) is 0 Å². The first-order valence-corrected chi connectivity index (χ1v) is 4.15. The van der Waals surface area contributed by atoms with Crippen molar-refractivity contribution in [3.63, 3.8) is 0 Å². The number of hydrogen-bond acceptors (Lipinski definition) is 1. The Balaban J connectivity index is 2.79. The summed E-state index contributed by atoms with van der Waals surface area (Å²) in [5.74, 6) is 4.44. The summed E-state index contributed by atoms with van der Waals surface area (Å²) < 4.78 is 0. The average Bonchev–Trinajstić information content (AvgIpc) is 2.18. The number of carboxylic acid groups (broad SMARTS) is 1. The molecule has 0 radical (unpaired) electrons. The fourth-order valence-corrected chi connectivity index (χ4v) is 0.965. The van der Waals surface area contributed by atoms with E-state index in [2.05, 4.69) is 18.4 Å². The van der Waals surface area contributed by atoms with E-state index in [0.717, 1.165) is 11.1 Å². The Morgan fingerprint density at radius 1 is 1.57 bits per heavy atom. The van der Waals surface area contributed by atoms with Crippen molar-refractivity contribution < 1.29 is 9.90 Å². The minimum atomic E-state index is -0.905. The van der Waals surface area contributed by atoms with Crippen LogP contribution in [0.5, 0.6) is 0 Å². The summed E-state index contributed by atoms with van der Waals surface area (Å²) in [4.78, 5) is 10.2. The molecule has 0 atom stereocenters. The lowest BCUT2D eigenvalue weighted by Crippen LogP contribution is -1.90. The predicted octanol–water partition coefficient (Wildman–Crippen LogP) is 2.16. The van der Waals surface area contributed by atoms with Gasteiger partial charge in [-0.15, -0.1) is 0 Å². The maximum absolute atomic E-state index is 10.2. The first-order chi connectivity index (χ1) is 6.72. The van der Waals surface area contributed by atoms with Crippen LogP contribution in [0, 0.1) is 11.8 Å². The Morgan fingerprint density at radius 2 is 2.36 bits per heavy atom. The Labute approximate surface area is 82.9 Å². The second-order valence-corrected chi connectivity index (χ2v) is 2.70. The number of rotatable bonds is 2. The summed E-state index contributed by atoms with van der Waals surface area (Å²) in [5, 5.41) is 8.37. The van der Waals surface area contributed by atoms with Crippen LogP contribution in [-0.2, 0) is 4.79 Å². The van der Waals surface area contributed by atoms with Crippen molar-refractivity contribution in [1.82, 2.24) is 0 Å². The van der Waals surface area contributed by atoms with Gasteiger partial charge in [-0.3, -0.25) is 4.79 Å². The molecule has 0 unspecified atom stereocenters. The molecule has 2 heteroatoms. The van der Waals surface area contributed by atoms with Crippen LogP contribution in [0.15, 0.2) is 30.8 Å². The fourth-order valence-electron chi connectivity index (χ4n) is 0.965. The molecule has 0 aromatic heterocycles. The highest BCUT2D eigenvalue weighted by molar-refractivity contribution is 5.70. The molecule has 2 nitrogen and oxygen atoms in total. The quantitative estimate of drug-likeness (QED) is 0.718. The van der Waals surface area contributed by atoms with E-state index in [1.807, 2.05) is 24.3 Å². The monoisotopic (exact) mass is 186 g/mol. The lowest BCUT2D eigenvalue weighted by molar-refractivity contribution is -0.135. The van der Waals surface area contributed by atoms with Crippen molar-refractivity contribution in [3.8, 4) is 11.8 Å². The Morgan fingerprint density at radius 3 is 3.00 bits per heavy atom. The topological polar surface area (TPSA) is 37.3 Å². The van der Waals surface area contributed by atoms with Gasteiger partial charge in [0.25, 0.3) is 0 Å². The molecule has 1 N–H and O–H groups in total. The van der Waals surface area contributed by atoms with E-state index >= 15 is 0 Å². The second-order valence-electron chi connectivity index (χ2n) is 2.70. The zero-order valence-electron chi connectivity index (χ0n) is 7.66. The van der Waals surface area contributed by atoms with Gasteiger partial charge < -0.3 is 5.11 Å². The molecular formula is C12H10O2. The van der Waals surface area contributed by atoms with E-state index in [1.54, 1.807) is 6.08 Å². The molecule has 1 aromatic rings. The molecule has 0 saturated heterocycles. The van der Waals surface area contributed by atoms with Crippen LogP contribution in [0.25, 0.3) is 6.08 Å². The lowest BCUT2D eigenvalue weighted by atomic mass is 10.1. The molecule has 0 heterocycles. The van der Waals surface area contributed by atoms with Gasteiger partial charge in [-0.2, -0.15) is 0 Å². The van der Waals surface area contributed by atoms with E-state index < -0.39 is 5.97 Å². The summed E-state index contributed by atoms with van der Waals surface area (Å²) in [6.07, 6.45) is 1.60. The van der Waals surface area contributed by atoms with Crippen molar-refractivity contribution in [2.24, 2.45) is 0 Å². The molecule has 0 aliphatic heterocycles. The van der Waals surface area contributed by atoms with Gasteiger partial charge in [0.1, 0.15) is 6.42 Å². The summed E-state index contributed by atoms with van der Waals surface area (Å²) in [6.45, 7) is 3.64. The predicted molar refractivity (Wildman–Crippen MR) is 55.7 cm³/mol. The van der Waals surface area contributed by atoms with E-state index in [4.69, 9.17) is 5.11 Å². The van der Waals surface area contributed by atoms with Crippen LogP contribution in [0.2, 0.25) is 0 Å². The summed E-state index contributed by atoms with van der Waals surface area (Å²) >= 11 is 0. The van der Waals surface area contributed by atoms with Crippen molar-refractivity contribution in [3.05, 3.63) is 42.0 Å². The Bertz CT molecular complexity index is 408. The minimum Gasteiger partial charge on any atom is -0.481 e. The zero-order valence-corrected chi connectivity index (χ0v) is 7.66. The molecule has 1 rings (SSSR count). The van der Waals surface area contributed by atoms with Crippen LogP contribution in [0.3, 0.4) is 0 Å². The zero-order chi connectivity index (χ0) is 10.4. The van der Waals surface area contributed by atoms with Crippen LogP contribution in [0.1, 0.15) is 17.5 Å². The standard InChI is InChI=1S/C12H10O2/c1-2-10-5-3-6-11(9-10)7-4-8-12(13)14/h2-3,5-6,9H,1,8H2,(H,13,14). The molecule has 0 amide bonds. The third-order valence-corrected chi connectivity index (χ3v) is 1.59. The van der Waals surface area contributed by atoms with E-state index in [1.165, 1.54) is 0 Å². The number of carboxylic acids is 1. The van der Waals surface area contributed by atoms with Crippen molar-refractivity contribution in [2.45, 2.75) is 6.42 Å². The Kier molecular flexibility index (Phi) is 3.51. The second kappa shape index (κ2) is 4.88. The van der Waals surface area contributed by atoms with Gasteiger partial charge in [-0.1, -0.05) is 36.6 Å².